The fourth-order valence-electron chi connectivity index (χ4n) is 0. The monoisotopic (exact) mass is 544 g/mol. The van der Waals surface area contributed by atoms with Gasteiger partial charge in [0.1, 0.15) is 0 Å². The molecule has 0 aromatic carbocycles. The summed E-state index contributed by atoms with van der Waals surface area (Å²) in [7, 11) is 0. The Labute approximate surface area is 199 Å². The third-order valence-corrected chi connectivity index (χ3v) is 0. The molecule has 0 rings (SSSR count). The summed E-state index contributed by atoms with van der Waals surface area (Å²) in [5.41, 5.74) is 0. The van der Waals surface area contributed by atoms with E-state index < -0.39 is 0 Å². The first kappa shape index (κ1) is 67.3. The largest absolute Gasteiger partial charge is 3.00 e. The summed E-state index contributed by atoms with van der Waals surface area (Å²) >= 11 is 0. The van der Waals surface area contributed by atoms with E-state index in [9.17, 15) is 0 Å². The van der Waals surface area contributed by atoms with Gasteiger partial charge in [0.15, 0.2) is 32.0 Å². The van der Waals surface area contributed by atoms with Crippen molar-refractivity contribution in [2.24, 2.45) is 32.0 Å². The Kier molecular flexibility index (Phi) is 707. The Balaban J connectivity index is -0.00000000947. The van der Waals surface area contributed by atoms with Crippen molar-refractivity contribution in [3.05, 3.63) is 29.4 Å². The molecule has 114 valence electrons. The van der Waals surface area contributed by atoms with Crippen molar-refractivity contribution in [3.63, 3.8) is 0 Å². The summed E-state index contributed by atoms with van der Waals surface area (Å²) in [5, 5.41) is 47.3. The third-order valence-electron chi connectivity index (χ3n) is 0. The molecule has 0 aliphatic rings. The molecule has 0 heterocycles. The van der Waals surface area contributed by atoms with E-state index in [0.29, 0.717) is 0 Å². The standard InChI is InChI=1S/Ir.6HNO2.3Na/c;6*2-1-3;;;/h;6*(H,2,3);;;/q+3;;;;;;;3*+1. The summed E-state index contributed by atoms with van der Waals surface area (Å²) in [6, 6.07) is 0. The average Bonchev–Trinajstić information content (AvgIpc) is 2.23. The molecule has 0 bridgehead atoms. The molecule has 0 fully saturated rings. The van der Waals surface area contributed by atoms with Crippen LogP contribution in [0.4, 0.5) is 0 Å². The predicted molar refractivity (Wildman–Crippen MR) is 45.5 cm³/mol. The number of hydrogen-bond acceptors (Lipinski definition) is 12. The first-order valence-electron chi connectivity index (χ1n) is 2.30. The molecule has 0 aliphatic heterocycles. The van der Waals surface area contributed by atoms with E-state index >= 15 is 0 Å². The first-order valence-corrected chi connectivity index (χ1v) is 2.30. The summed E-state index contributed by atoms with van der Waals surface area (Å²) in [6.07, 6.45) is 0. The molecule has 0 aromatic heterocycles. The van der Waals surface area contributed by atoms with E-state index in [1.54, 1.807) is 0 Å². The van der Waals surface area contributed by atoms with E-state index in [0.717, 1.165) is 0 Å². The number of rotatable bonds is 0. The Morgan fingerprint density at radius 3 is 0.364 bits per heavy atom. The smallest absolute Gasteiger partial charge is 0.379 e. The maximum Gasteiger partial charge on any atom is 3.00 e. The van der Waals surface area contributed by atoms with Crippen molar-refractivity contribution >= 4 is 0 Å². The maximum absolute atomic E-state index is 8.11. The third kappa shape index (κ3) is 2990000. The Morgan fingerprint density at radius 1 is 0.364 bits per heavy atom. The van der Waals surface area contributed by atoms with E-state index in [2.05, 4.69) is 0 Å². The van der Waals surface area contributed by atoms with Crippen molar-refractivity contribution in [2.45, 2.75) is 0 Å². The molecule has 6 N–H and O–H groups in total. The second kappa shape index (κ2) is 231. The van der Waals surface area contributed by atoms with Crippen LogP contribution in [-0.2, 0) is 20.1 Å². The predicted octanol–water partition coefficient (Wildman–Crippen LogP) is -8.14. The van der Waals surface area contributed by atoms with Crippen LogP contribution in [0.15, 0.2) is 32.0 Å². The van der Waals surface area contributed by atoms with Gasteiger partial charge in [0.05, 0.1) is 0 Å². The van der Waals surface area contributed by atoms with Crippen molar-refractivity contribution in [1.82, 2.24) is 0 Å². The van der Waals surface area contributed by atoms with E-state index in [1.807, 2.05) is 0 Å². The van der Waals surface area contributed by atoms with Crippen molar-refractivity contribution in [2.75, 3.05) is 0 Å². The normalized spacial score (nSPS) is 3.27. The SMILES string of the molecule is O=NO.O=NO.O=NO.O=NO.O=NO.O=NO.[Ir+3].[Na+].[Na+].[Na+]. The van der Waals surface area contributed by atoms with E-state index in [1.165, 1.54) is 32.0 Å². The first-order chi connectivity index (χ1) is 8.49. The molecule has 0 atom stereocenters. The van der Waals surface area contributed by atoms with Gasteiger partial charge in [0.2, 0.25) is 0 Å². The molecule has 0 amide bonds. The van der Waals surface area contributed by atoms with Crippen LogP contribution < -0.4 is 88.7 Å². The van der Waals surface area contributed by atoms with Gasteiger partial charge in [0.25, 0.3) is 0 Å². The minimum Gasteiger partial charge on any atom is -0.379 e. The van der Waals surface area contributed by atoms with Crippen molar-refractivity contribution < 1.29 is 140 Å². The van der Waals surface area contributed by atoms with E-state index in [4.69, 9.17) is 60.7 Å². The molecular formula is H6IrN6Na3O12+6. The van der Waals surface area contributed by atoms with Crippen LogP contribution in [0.5, 0.6) is 0 Å². The van der Waals surface area contributed by atoms with Crippen molar-refractivity contribution in [1.29, 1.82) is 0 Å². The molecule has 22 heteroatoms. The van der Waals surface area contributed by atoms with Crippen LogP contribution in [-0.4, -0.2) is 31.2 Å². The van der Waals surface area contributed by atoms with E-state index in [-0.39, 0.29) is 109 Å². The zero-order valence-corrected chi connectivity index (χ0v) is 19.5. The molecule has 0 saturated carbocycles. The van der Waals surface area contributed by atoms with Gasteiger partial charge >= 0.3 is 109 Å². The zero-order chi connectivity index (χ0) is 16.2. The summed E-state index contributed by atoms with van der Waals surface area (Å²) in [5.74, 6) is 0. The second-order valence-corrected chi connectivity index (χ2v) is 0.490. The second-order valence-electron chi connectivity index (χ2n) is 0.490. The average molecular weight is 543 g/mol. The molecule has 18 nitrogen and oxygen atoms in total. The number of nitrogens with zero attached hydrogens (tertiary/aromatic N) is 6. The molecular weight excluding hydrogens is 537 g/mol. The van der Waals surface area contributed by atoms with Gasteiger partial charge in [-0.2, -0.15) is 0 Å². The number of hydrogen-bond donors (Lipinski definition) is 6. The fourth-order valence-corrected chi connectivity index (χ4v) is 0. The van der Waals surface area contributed by atoms with Crippen LogP contribution in [0.1, 0.15) is 0 Å². The quantitative estimate of drug-likeness (QED) is 0.0943. The zero-order valence-electron chi connectivity index (χ0n) is 11.1. The fraction of sp³-hybridized carbons (Fsp3) is 0. The minimum atomic E-state index is 0. The van der Waals surface area contributed by atoms with Gasteiger partial charge in [-0.3, -0.25) is 0 Å². The van der Waals surface area contributed by atoms with Crippen LogP contribution in [0.3, 0.4) is 0 Å². The molecule has 0 saturated heterocycles. The Morgan fingerprint density at radius 2 is 0.364 bits per heavy atom. The van der Waals surface area contributed by atoms with Crippen molar-refractivity contribution in [3.8, 4) is 0 Å². The topological polar surface area (TPSA) is 298 Å². The van der Waals surface area contributed by atoms with Gasteiger partial charge in [-0.25, -0.2) is 0 Å². The van der Waals surface area contributed by atoms with Gasteiger partial charge in [-0.1, -0.05) is 0 Å². The molecule has 0 unspecified atom stereocenters. The Hall–Kier alpha value is 0.0494. The molecule has 0 aliphatic carbocycles. The summed E-state index contributed by atoms with van der Waals surface area (Å²) in [6.45, 7) is 0. The maximum atomic E-state index is 8.11. The van der Waals surface area contributed by atoms with Crippen LogP contribution >= 0.6 is 0 Å². The minimum absolute atomic E-state index is 0. The van der Waals surface area contributed by atoms with Crippen LogP contribution in [0, 0.1) is 29.4 Å². The molecule has 22 heavy (non-hydrogen) atoms. The van der Waals surface area contributed by atoms with Crippen LogP contribution in [0.25, 0.3) is 0 Å². The van der Waals surface area contributed by atoms with Gasteiger partial charge in [0, 0.05) is 0 Å². The molecule has 0 radical (unpaired) electrons. The summed E-state index contributed by atoms with van der Waals surface area (Å²) in [4.78, 5) is 48.7. The molecule has 0 aromatic rings. The Bertz CT molecular complexity index is 126. The van der Waals surface area contributed by atoms with Gasteiger partial charge in [-0.15, -0.1) is 29.4 Å². The van der Waals surface area contributed by atoms with Gasteiger partial charge < -0.3 is 31.2 Å². The van der Waals surface area contributed by atoms with Crippen LogP contribution in [0.2, 0.25) is 0 Å². The van der Waals surface area contributed by atoms with Gasteiger partial charge in [-0.05, 0) is 0 Å². The molecule has 0 spiro atoms. The summed E-state index contributed by atoms with van der Waals surface area (Å²) < 4.78 is 0.